The summed E-state index contributed by atoms with van der Waals surface area (Å²) in [5.41, 5.74) is 1.07. The Morgan fingerprint density at radius 3 is 3.00 bits per heavy atom. The number of fused-ring (bicyclic) bond motifs is 1. The number of carbonyl (C=O) groups is 1. The lowest BCUT2D eigenvalue weighted by molar-refractivity contribution is -0.112. The summed E-state index contributed by atoms with van der Waals surface area (Å²) < 4.78 is 1.78. The molecule has 1 aromatic heterocycles. The Bertz CT molecular complexity index is 581. The van der Waals surface area contributed by atoms with Gasteiger partial charge in [-0.3, -0.25) is 4.79 Å². The molecule has 4 nitrogen and oxygen atoms in total. The molecule has 18 heavy (non-hydrogen) atoms. The summed E-state index contributed by atoms with van der Waals surface area (Å²) in [5.74, 6) is 0.156. The predicted molar refractivity (Wildman–Crippen MR) is 71.6 cm³/mol. The van der Waals surface area contributed by atoms with E-state index in [-0.39, 0.29) is 5.78 Å². The highest BCUT2D eigenvalue weighted by atomic mass is 16.1. The van der Waals surface area contributed by atoms with Gasteiger partial charge < -0.3 is 0 Å². The first-order valence-electron chi connectivity index (χ1n) is 6.53. The molecular weight excluding hydrogens is 226 g/mol. The zero-order valence-electron chi connectivity index (χ0n) is 11.0. The molecule has 1 aliphatic carbocycles. The maximum absolute atomic E-state index is 11.4. The average Bonchev–Trinajstić information content (AvgIpc) is 2.66. The lowest BCUT2D eigenvalue weighted by Crippen LogP contribution is -2.32. The van der Waals surface area contributed by atoms with Gasteiger partial charge in [0.15, 0.2) is 5.78 Å². The fourth-order valence-corrected chi connectivity index (χ4v) is 2.08. The summed E-state index contributed by atoms with van der Waals surface area (Å²) in [5, 5.41) is 10.4. The van der Waals surface area contributed by atoms with Gasteiger partial charge in [-0.25, -0.2) is 4.68 Å². The Morgan fingerprint density at radius 2 is 2.22 bits per heavy atom. The summed E-state index contributed by atoms with van der Waals surface area (Å²) in [4.78, 5) is 11.4. The Labute approximate surface area is 107 Å². The number of nitrogens with zero attached hydrogens (tertiary/aromatic N) is 3. The Balaban J connectivity index is 2.19. The van der Waals surface area contributed by atoms with Crippen molar-refractivity contribution in [3.05, 3.63) is 22.3 Å². The molecule has 2 rings (SSSR count). The average molecular weight is 245 g/mol. The second-order valence-corrected chi connectivity index (χ2v) is 4.64. The molecule has 0 N–H and O–H groups in total. The van der Waals surface area contributed by atoms with Crippen LogP contribution in [0.15, 0.2) is 16.5 Å². The molecule has 0 radical (unpaired) electrons. The summed E-state index contributed by atoms with van der Waals surface area (Å²) in [6.07, 6.45) is 9.48. The van der Waals surface area contributed by atoms with E-state index in [2.05, 4.69) is 17.3 Å². The second-order valence-electron chi connectivity index (χ2n) is 4.64. The number of ketones is 1. The fraction of sp³-hybridized carbons (Fsp3) is 0.500. The zero-order chi connectivity index (χ0) is 13.0. The minimum absolute atomic E-state index is 0.156. The standard InChI is InChI=1S/C14H19N3O/c1-3-4-5-8-15-16-17-10-11(2)13-9-12(18)6-7-14(13)17/h7,9-10H,3-6,8H2,1-2H3. The summed E-state index contributed by atoms with van der Waals surface area (Å²) in [6.45, 7) is 4.93. The quantitative estimate of drug-likeness (QED) is 0.575. The van der Waals surface area contributed by atoms with E-state index < -0.39 is 0 Å². The van der Waals surface area contributed by atoms with Crippen molar-refractivity contribution in [2.24, 2.45) is 10.3 Å². The van der Waals surface area contributed by atoms with Crippen LogP contribution < -0.4 is 10.6 Å². The molecule has 0 aliphatic heterocycles. The van der Waals surface area contributed by atoms with Crippen LogP contribution in [-0.4, -0.2) is 17.0 Å². The first-order valence-corrected chi connectivity index (χ1v) is 6.53. The van der Waals surface area contributed by atoms with Gasteiger partial charge in [-0.15, -0.1) is 0 Å². The maximum Gasteiger partial charge on any atom is 0.160 e. The number of carbonyl (C=O) groups excluding carboxylic acids is 1. The highest BCUT2D eigenvalue weighted by molar-refractivity contribution is 6.09. The highest BCUT2D eigenvalue weighted by Crippen LogP contribution is 1.97. The van der Waals surface area contributed by atoms with Gasteiger partial charge in [-0.05, 0) is 25.0 Å². The molecule has 1 aromatic rings. The van der Waals surface area contributed by atoms with Crippen molar-refractivity contribution in [3.8, 4) is 0 Å². The molecular formula is C14H19N3O. The SMILES string of the molecule is CCCCCN=Nn1cc(C)c2c1=CCC(=O)C=2. The van der Waals surface area contributed by atoms with E-state index in [1.807, 2.05) is 19.2 Å². The van der Waals surface area contributed by atoms with Crippen LogP contribution in [0, 0.1) is 6.92 Å². The van der Waals surface area contributed by atoms with Crippen LogP contribution in [0.25, 0.3) is 12.2 Å². The minimum Gasteiger partial charge on any atom is -0.294 e. The number of unbranched alkanes of at least 4 members (excludes halogenated alkanes) is 2. The van der Waals surface area contributed by atoms with E-state index >= 15 is 0 Å². The number of hydrogen-bond acceptors (Lipinski definition) is 3. The van der Waals surface area contributed by atoms with Gasteiger partial charge in [0, 0.05) is 17.8 Å². The third kappa shape index (κ3) is 2.75. The van der Waals surface area contributed by atoms with Crippen molar-refractivity contribution in [1.82, 2.24) is 4.68 Å². The van der Waals surface area contributed by atoms with Crippen LogP contribution in [0.1, 0.15) is 38.2 Å². The molecule has 96 valence electrons. The first kappa shape index (κ1) is 12.7. The smallest absolute Gasteiger partial charge is 0.160 e. The zero-order valence-corrected chi connectivity index (χ0v) is 11.0. The van der Waals surface area contributed by atoms with Crippen LogP contribution in [0.2, 0.25) is 0 Å². The Morgan fingerprint density at radius 1 is 1.39 bits per heavy atom. The molecule has 0 spiro atoms. The van der Waals surface area contributed by atoms with Crippen LogP contribution in [0.3, 0.4) is 0 Å². The molecule has 0 bridgehead atoms. The molecule has 0 saturated carbocycles. The second kappa shape index (κ2) is 5.76. The van der Waals surface area contributed by atoms with Gasteiger partial charge >= 0.3 is 0 Å². The van der Waals surface area contributed by atoms with E-state index in [1.165, 1.54) is 12.8 Å². The summed E-state index contributed by atoms with van der Waals surface area (Å²) in [6, 6.07) is 0. The number of aromatic nitrogens is 1. The van der Waals surface area contributed by atoms with Crippen LogP contribution in [-0.2, 0) is 4.79 Å². The van der Waals surface area contributed by atoms with Gasteiger partial charge in [-0.1, -0.05) is 31.1 Å². The van der Waals surface area contributed by atoms with Crippen molar-refractivity contribution < 1.29 is 4.79 Å². The molecule has 4 heteroatoms. The van der Waals surface area contributed by atoms with E-state index in [4.69, 9.17) is 0 Å². The monoisotopic (exact) mass is 245 g/mol. The molecule has 0 atom stereocenters. The topological polar surface area (TPSA) is 46.7 Å². The largest absolute Gasteiger partial charge is 0.294 e. The van der Waals surface area contributed by atoms with Gasteiger partial charge in [0.25, 0.3) is 0 Å². The van der Waals surface area contributed by atoms with E-state index in [0.717, 1.165) is 29.1 Å². The van der Waals surface area contributed by atoms with Crippen LogP contribution in [0.5, 0.6) is 0 Å². The molecule has 0 saturated heterocycles. The van der Waals surface area contributed by atoms with E-state index in [1.54, 1.807) is 10.8 Å². The van der Waals surface area contributed by atoms with Gasteiger partial charge in [-0.2, -0.15) is 5.11 Å². The Hall–Kier alpha value is -1.71. The first-order chi connectivity index (χ1) is 8.72. The third-order valence-corrected chi connectivity index (χ3v) is 3.09. The molecule has 0 unspecified atom stereocenters. The summed E-state index contributed by atoms with van der Waals surface area (Å²) >= 11 is 0. The lowest BCUT2D eigenvalue weighted by atomic mass is 10.1. The van der Waals surface area contributed by atoms with E-state index in [9.17, 15) is 4.79 Å². The lowest BCUT2D eigenvalue weighted by Gasteiger charge is -1.97. The molecule has 1 heterocycles. The summed E-state index contributed by atoms with van der Waals surface area (Å²) in [7, 11) is 0. The Kier molecular flexibility index (Phi) is 4.07. The molecule has 0 fully saturated rings. The highest BCUT2D eigenvalue weighted by Gasteiger charge is 2.07. The molecule has 1 aliphatic rings. The van der Waals surface area contributed by atoms with Gasteiger partial charge in [0.05, 0.1) is 11.9 Å². The number of rotatable bonds is 5. The van der Waals surface area contributed by atoms with Crippen molar-refractivity contribution in [2.75, 3.05) is 6.54 Å². The van der Waals surface area contributed by atoms with Crippen LogP contribution in [0.4, 0.5) is 0 Å². The number of aryl methyl sites for hydroxylation is 1. The predicted octanol–water partition coefficient (Wildman–Crippen LogP) is 1.74. The van der Waals surface area contributed by atoms with Crippen molar-refractivity contribution in [2.45, 2.75) is 39.5 Å². The third-order valence-electron chi connectivity index (χ3n) is 3.09. The normalized spacial score (nSPS) is 14.4. The molecule has 0 amide bonds. The van der Waals surface area contributed by atoms with Crippen LogP contribution >= 0.6 is 0 Å². The molecule has 0 aromatic carbocycles. The van der Waals surface area contributed by atoms with Gasteiger partial charge in [0.1, 0.15) is 0 Å². The maximum atomic E-state index is 11.4. The van der Waals surface area contributed by atoms with Gasteiger partial charge in [0.2, 0.25) is 0 Å². The van der Waals surface area contributed by atoms with Crippen molar-refractivity contribution >= 4 is 17.9 Å². The fourth-order valence-electron chi connectivity index (χ4n) is 2.08. The van der Waals surface area contributed by atoms with Crippen molar-refractivity contribution in [3.63, 3.8) is 0 Å². The minimum atomic E-state index is 0.156. The van der Waals surface area contributed by atoms with E-state index in [0.29, 0.717) is 6.42 Å². The number of Topliss-reactive ketones (excluding diaryl/α,β-unsaturated/α-hetero) is 1. The van der Waals surface area contributed by atoms with Crippen molar-refractivity contribution in [1.29, 1.82) is 0 Å². The number of hydrogen-bond donors (Lipinski definition) is 0.